The highest BCUT2D eigenvalue weighted by Crippen LogP contribution is 2.34. The van der Waals surface area contributed by atoms with Gasteiger partial charge < -0.3 is 0 Å². The van der Waals surface area contributed by atoms with Crippen molar-refractivity contribution < 1.29 is 9.18 Å². The van der Waals surface area contributed by atoms with Gasteiger partial charge in [0.05, 0.1) is 11.3 Å². The second-order valence-electron chi connectivity index (χ2n) is 4.87. The molecule has 1 fully saturated rings. The molecule has 4 heteroatoms. The molecule has 1 heterocycles. The molecule has 0 bridgehead atoms. The molecule has 0 unspecified atom stereocenters. The molecule has 0 N–H and O–H groups in total. The van der Waals surface area contributed by atoms with Gasteiger partial charge in [0.2, 0.25) is 0 Å². The maximum atomic E-state index is 14.1. The Balaban J connectivity index is 1.97. The lowest BCUT2D eigenvalue weighted by Gasteiger charge is -2.07. The first-order valence-electron chi connectivity index (χ1n) is 6.56. The first-order chi connectivity index (χ1) is 9.20. The second kappa shape index (κ2) is 4.61. The number of hydrogen-bond acceptors (Lipinski definition) is 2. The lowest BCUT2D eigenvalue weighted by Crippen LogP contribution is -2.05. The highest BCUT2D eigenvalue weighted by Gasteiger charge is 2.31. The Morgan fingerprint density at radius 1 is 1.42 bits per heavy atom. The largest absolute Gasteiger partial charge is 0.294 e. The van der Waals surface area contributed by atoms with Gasteiger partial charge in [0.25, 0.3) is 0 Å². The van der Waals surface area contributed by atoms with Crippen LogP contribution in [0.25, 0.3) is 11.3 Å². The number of halogens is 1. The van der Waals surface area contributed by atoms with Gasteiger partial charge in [0.15, 0.2) is 5.78 Å². The Morgan fingerprint density at radius 3 is 2.84 bits per heavy atom. The van der Waals surface area contributed by atoms with Gasteiger partial charge in [-0.15, -0.1) is 0 Å². The maximum Gasteiger partial charge on any atom is 0.168 e. The Hall–Kier alpha value is -1.97. The van der Waals surface area contributed by atoms with Crippen LogP contribution >= 0.6 is 0 Å². The zero-order valence-corrected chi connectivity index (χ0v) is 10.8. The third kappa shape index (κ3) is 2.18. The predicted octanol–water partition coefficient (Wildman–Crippen LogP) is 3.30. The number of nitrogens with zero attached hydrogens (tertiary/aromatic N) is 2. The van der Waals surface area contributed by atoms with E-state index in [1.165, 1.54) is 6.07 Å². The fraction of sp³-hybridized carbons (Fsp3) is 0.333. The van der Waals surface area contributed by atoms with Crippen LogP contribution in [0.15, 0.2) is 30.5 Å². The Kier molecular flexibility index (Phi) is 2.93. The molecule has 0 radical (unpaired) electrons. The van der Waals surface area contributed by atoms with Crippen LogP contribution < -0.4 is 0 Å². The lowest BCUT2D eigenvalue weighted by molar-refractivity contribution is 0.0963. The van der Waals surface area contributed by atoms with Crippen LogP contribution in [-0.4, -0.2) is 15.6 Å². The minimum atomic E-state index is -0.432. The topological polar surface area (TPSA) is 34.9 Å². The molecule has 1 aliphatic rings. The standard InChI is InChI=1S/C15H15FN2O/c1-2-18-14(7-8-17-18)11-5-6-12(13(16)9-11)15(19)10-3-4-10/h5-10H,2-4H2,1H3. The van der Waals surface area contributed by atoms with E-state index in [4.69, 9.17) is 0 Å². The van der Waals surface area contributed by atoms with E-state index in [1.807, 2.05) is 13.0 Å². The molecule has 19 heavy (non-hydrogen) atoms. The fourth-order valence-corrected chi connectivity index (χ4v) is 2.27. The first kappa shape index (κ1) is 12.1. The monoisotopic (exact) mass is 258 g/mol. The number of rotatable bonds is 4. The summed E-state index contributed by atoms with van der Waals surface area (Å²) in [5.41, 5.74) is 1.84. The normalized spacial score (nSPS) is 14.6. The molecule has 0 atom stereocenters. The van der Waals surface area contributed by atoms with Crippen LogP contribution in [0.4, 0.5) is 4.39 Å². The summed E-state index contributed by atoms with van der Waals surface area (Å²) >= 11 is 0. The smallest absolute Gasteiger partial charge is 0.168 e. The Bertz CT molecular complexity index is 629. The van der Waals surface area contributed by atoms with Gasteiger partial charge in [-0.2, -0.15) is 5.10 Å². The number of benzene rings is 1. The van der Waals surface area contributed by atoms with E-state index >= 15 is 0 Å². The van der Waals surface area contributed by atoms with E-state index in [-0.39, 0.29) is 17.3 Å². The van der Waals surface area contributed by atoms with Crippen molar-refractivity contribution in [3.05, 3.63) is 41.8 Å². The van der Waals surface area contributed by atoms with E-state index < -0.39 is 5.82 Å². The van der Waals surface area contributed by atoms with Gasteiger partial charge in [0, 0.05) is 24.2 Å². The summed E-state index contributed by atoms with van der Waals surface area (Å²) in [7, 11) is 0. The Morgan fingerprint density at radius 2 is 2.21 bits per heavy atom. The fourth-order valence-electron chi connectivity index (χ4n) is 2.27. The predicted molar refractivity (Wildman–Crippen MR) is 70.3 cm³/mol. The molecular formula is C15H15FN2O. The summed E-state index contributed by atoms with van der Waals surface area (Å²) in [4.78, 5) is 11.9. The van der Waals surface area contributed by atoms with E-state index in [0.717, 1.165) is 30.6 Å². The van der Waals surface area contributed by atoms with Crippen molar-refractivity contribution in [2.45, 2.75) is 26.3 Å². The molecule has 0 spiro atoms. The van der Waals surface area contributed by atoms with Crippen LogP contribution in [0.3, 0.4) is 0 Å². The van der Waals surface area contributed by atoms with E-state index in [9.17, 15) is 9.18 Å². The van der Waals surface area contributed by atoms with Gasteiger partial charge in [0.1, 0.15) is 5.82 Å². The van der Waals surface area contributed by atoms with Gasteiger partial charge >= 0.3 is 0 Å². The number of carbonyl (C=O) groups excluding carboxylic acids is 1. The van der Waals surface area contributed by atoms with E-state index in [0.29, 0.717) is 0 Å². The zero-order chi connectivity index (χ0) is 13.4. The third-order valence-electron chi connectivity index (χ3n) is 3.49. The van der Waals surface area contributed by atoms with Crippen LogP contribution in [-0.2, 0) is 6.54 Å². The second-order valence-corrected chi connectivity index (χ2v) is 4.87. The van der Waals surface area contributed by atoms with Crippen molar-refractivity contribution in [2.75, 3.05) is 0 Å². The minimum Gasteiger partial charge on any atom is -0.294 e. The van der Waals surface area contributed by atoms with Crippen LogP contribution in [0, 0.1) is 11.7 Å². The number of aryl methyl sites for hydroxylation is 1. The average Bonchev–Trinajstić information content (AvgIpc) is 3.15. The molecule has 2 aromatic rings. The van der Waals surface area contributed by atoms with Gasteiger partial charge in [-0.05, 0) is 38.0 Å². The molecule has 1 aromatic heterocycles. The van der Waals surface area contributed by atoms with Crippen LogP contribution in [0.5, 0.6) is 0 Å². The highest BCUT2D eigenvalue weighted by molar-refractivity contribution is 5.99. The maximum absolute atomic E-state index is 14.1. The van der Waals surface area contributed by atoms with E-state index in [2.05, 4.69) is 5.10 Å². The van der Waals surface area contributed by atoms with Crippen molar-refractivity contribution >= 4 is 5.78 Å². The highest BCUT2D eigenvalue weighted by atomic mass is 19.1. The first-order valence-corrected chi connectivity index (χ1v) is 6.56. The van der Waals surface area contributed by atoms with Crippen molar-refractivity contribution in [2.24, 2.45) is 5.92 Å². The molecular weight excluding hydrogens is 243 g/mol. The number of hydrogen-bond donors (Lipinski definition) is 0. The van der Waals surface area contributed by atoms with Crippen molar-refractivity contribution in [1.82, 2.24) is 9.78 Å². The summed E-state index contributed by atoms with van der Waals surface area (Å²) in [6.07, 6.45) is 3.48. The molecule has 98 valence electrons. The molecule has 0 amide bonds. The lowest BCUT2D eigenvalue weighted by atomic mass is 10.0. The molecule has 0 aliphatic heterocycles. The van der Waals surface area contributed by atoms with Gasteiger partial charge in [-0.3, -0.25) is 9.48 Å². The van der Waals surface area contributed by atoms with Crippen LogP contribution in [0.2, 0.25) is 0 Å². The summed E-state index contributed by atoms with van der Waals surface area (Å²) in [5, 5.41) is 4.16. The number of ketones is 1. The zero-order valence-electron chi connectivity index (χ0n) is 10.8. The Labute approximate surface area is 111 Å². The molecule has 3 rings (SSSR count). The molecule has 0 saturated heterocycles. The summed E-state index contributed by atoms with van der Waals surface area (Å²) in [5.74, 6) is -0.451. The summed E-state index contributed by atoms with van der Waals surface area (Å²) < 4.78 is 15.9. The number of aromatic nitrogens is 2. The molecule has 1 aromatic carbocycles. The minimum absolute atomic E-state index is 0.0431. The van der Waals surface area contributed by atoms with Crippen LogP contribution in [0.1, 0.15) is 30.1 Å². The van der Waals surface area contributed by atoms with Gasteiger partial charge in [-0.25, -0.2) is 4.39 Å². The summed E-state index contributed by atoms with van der Waals surface area (Å²) in [6.45, 7) is 2.71. The van der Waals surface area contributed by atoms with Crippen molar-refractivity contribution in [3.63, 3.8) is 0 Å². The summed E-state index contributed by atoms with van der Waals surface area (Å²) in [6, 6.07) is 6.67. The molecule has 3 nitrogen and oxygen atoms in total. The molecule has 1 saturated carbocycles. The number of carbonyl (C=O) groups is 1. The molecule has 1 aliphatic carbocycles. The third-order valence-corrected chi connectivity index (χ3v) is 3.49. The SMILES string of the molecule is CCn1nccc1-c1ccc(C(=O)C2CC2)c(F)c1. The van der Waals surface area contributed by atoms with E-state index in [1.54, 1.807) is 23.0 Å². The number of Topliss-reactive ketones (excluding diaryl/α,β-unsaturated/α-hetero) is 1. The average molecular weight is 258 g/mol. The van der Waals surface area contributed by atoms with Gasteiger partial charge in [-0.1, -0.05) is 6.07 Å². The quantitative estimate of drug-likeness (QED) is 0.789. The van der Waals surface area contributed by atoms with Crippen molar-refractivity contribution in [3.8, 4) is 11.3 Å². The van der Waals surface area contributed by atoms with Crippen molar-refractivity contribution in [1.29, 1.82) is 0 Å².